The Morgan fingerprint density at radius 2 is 2.12 bits per heavy atom. The zero-order chi connectivity index (χ0) is 17.4. The van der Waals surface area contributed by atoms with Crippen LogP contribution in [0.15, 0.2) is 24.3 Å². The van der Waals surface area contributed by atoms with Gasteiger partial charge in [0.2, 0.25) is 11.8 Å². The predicted octanol–water partition coefficient (Wildman–Crippen LogP) is 1.55. The van der Waals surface area contributed by atoms with Crippen LogP contribution in [-0.4, -0.2) is 36.2 Å². The third-order valence-electron chi connectivity index (χ3n) is 3.51. The molecule has 1 heterocycles. The number of hydrogen-bond acceptors (Lipinski definition) is 4. The zero-order valence-electron chi connectivity index (χ0n) is 13.1. The lowest BCUT2D eigenvalue weighted by atomic mass is 10.1. The van der Waals surface area contributed by atoms with Crippen molar-refractivity contribution >= 4 is 29.6 Å². The molecule has 1 aromatic carbocycles. The zero-order valence-corrected chi connectivity index (χ0v) is 14.0. The number of benzene rings is 1. The van der Waals surface area contributed by atoms with Crippen LogP contribution in [0.25, 0.3) is 0 Å². The smallest absolute Gasteiger partial charge is 0.322 e. The molecule has 24 heavy (non-hydrogen) atoms. The summed E-state index contributed by atoms with van der Waals surface area (Å²) in [6, 6.07) is 5.33. The molecule has 0 saturated carbocycles. The quantitative estimate of drug-likeness (QED) is 0.649. The minimum Gasteiger partial charge on any atom is -0.354 e. The molecule has 1 saturated heterocycles. The van der Waals surface area contributed by atoms with Gasteiger partial charge in [0, 0.05) is 18.7 Å². The van der Waals surface area contributed by atoms with E-state index in [1.165, 1.54) is 6.07 Å². The second-order valence-corrected chi connectivity index (χ2v) is 6.51. The lowest BCUT2D eigenvalue weighted by Gasteiger charge is -2.14. The average molecular weight is 353 g/mol. The van der Waals surface area contributed by atoms with Crippen molar-refractivity contribution < 1.29 is 18.8 Å². The Kier molecular flexibility index (Phi) is 7.05. The summed E-state index contributed by atoms with van der Waals surface area (Å²) in [7, 11) is 0. The van der Waals surface area contributed by atoms with Crippen LogP contribution in [0.4, 0.5) is 9.18 Å². The molecule has 2 rings (SSSR count). The molecule has 6 nitrogen and oxygen atoms in total. The lowest BCUT2D eigenvalue weighted by molar-refractivity contribution is -0.123. The molecule has 0 radical (unpaired) electrons. The Labute approximate surface area is 143 Å². The van der Waals surface area contributed by atoms with Gasteiger partial charge in [-0.15, -0.1) is 0 Å². The lowest BCUT2D eigenvalue weighted by Crippen LogP contribution is -2.48. The summed E-state index contributed by atoms with van der Waals surface area (Å²) in [5.41, 5.74) is 0.671. The van der Waals surface area contributed by atoms with Gasteiger partial charge in [0.1, 0.15) is 11.9 Å². The molecular weight excluding hydrogens is 333 g/mol. The summed E-state index contributed by atoms with van der Waals surface area (Å²) < 4.78 is 13.4. The highest BCUT2D eigenvalue weighted by molar-refractivity contribution is 7.98. The Hall–Kier alpha value is -2.09. The maximum absolute atomic E-state index is 13.4. The van der Waals surface area contributed by atoms with Gasteiger partial charge in [-0.2, -0.15) is 11.8 Å². The third-order valence-corrected chi connectivity index (χ3v) is 4.61. The van der Waals surface area contributed by atoms with Crippen LogP contribution in [0.2, 0.25) is 0 Å². The monoisotopic (exact) mass is 353 g/mol. The molecule has 1 aliphatic heterocycles. The van der Waals surface area contributed by atoms with Crippen LogP contribution in [0.1, 0.15) is 24.8 Å². The molecule has 8 heteroatoms. The van der Waals surface area contributed by atoms with Gasteiger partial charge in [0.05, 0.1) is 0 Å². The van der Waals surface area contributed by atoms with Gasteiger partial charge >= 0.3 is 6.03 Å². The van der Waals surface area contributed by atoms with Crippen LogP contribution in [0.5, 0.6) is 0 Å². The summed E-state index contributed by atoms with van der Waals surface area (Å²) >= 11 is 1.60. The average Bonchev–Trinajstić information content (AvgIpc) is 2.72. The van der Waals surface area contributed by atoms with E-state index in [4.69, 9.17) is 0 Å². The number of hydrogen-bond donors (Lipinski definition) is 3. The molecule has 0 spiro atoms. The van der Waals surface area contributed by atoms with Crippen molar-refractivity contribution in [2.75, 3.05) is 12.3 Å². The first-order chi connectivity index (χ1) is 11.6. The number of imide groups is 1. The van der Waals surface area contributed by atoms with E-state index in [1.807, 2.05) is 0 Å². The molecule has 1 aromatic rings. The number of amides is 4. The standard InChI is InChI=1S/C16H20FN3O3S/c17-12-5-2-1-4-11(12)10-24-9-3-8-18-15(22)13-6-7-14(21)20-16(23)19-13/h1-2,4-5,13H,3,6-10H2,(H,18,22)(H2,19,20,21,23). The SMILES string of the molecule is O=C1CCC(C(=O)NCCCSCc2ccccc2F)NC(=O)N1. The molecule has 3 N–H and O–H groups in total. The minimum absolute atomic E-state index is 0.134. The molecule has 1 fully saturated rings. The maximum atomic E-state index is 13.4. The molecule has 130 valence electrons. The number of nitrogens with one attached hydrogen (secondary N) is 3. The van der Waals surface area contributed by atoms with E-state index in [0.29, 0.717) is 17.9 Å². The minimum atomic E-state index is -0.692. The number of thioether (sulfide) groups is 1. The first-order valence-electron chi connectivity index (χ1n) is 7.75. The first kappa shape index (κ1) is 18.3. The summed E-state index contributed by atoms with van der Waals surface area (Å²) in [5, 5.41) is 7.33. The molecule has 1 aliphatic rings. The topological polar surface area (TPSA) is 87.3 Å². The molecule has 1 unspecified atom stereocenters. The van der Waals surface area contributed by atoms with E-state index in [1.54, 1.807) is 30.0 Å². The predicted molar refractivity (Wildman–Crippen MR) is 89.9 cm³/mol. The Bertz CT molecular complexity index is 612. The fourth-order valence-corrected chi connectivity index (χ4v) is 3.18. The number of halogens is 1. The summed E-state index contributed by atoms with van der Waals surface area (Å²) in [6.07, 6.45) is 1.16. The van der Waals surface area contributed by atoms with Crippen molar-refractivity contribution in [3.8, 4) is 0 Å². The van der Waals surface area contributed by atoms with Crippen molar-refractivity contribution in [2.45, 2.75) is 31.1 Å². The molecule has 0 aromatic heterocycles. The second-order valence-electron chi connectivity index (χ2n) is 5.40. The van der Waals surface area contributed by atoms with Crippen molar-refractivity contribution in [3.05, 3.63) is 35.6 Å². The van der Waals surface area contributed by atoms with Gasteiger partial charge in [-0.05, 0) is 30.2 Å². The molecule has 4 amide bonds. The number of carbonyl (C=O) groups is 3. The Balaban J connectivity index is 1.61. The third kappa shape index (κ3) is 5.84. The highest BCUT2D eigenvalue weighted by Crippen LogP contribution is 2.15. The van der Waals surface area contributed by atoms with E-state index in [9.17, 15) is 18.8 Å². The molecule has 1 atom stereocenters. The molecule has 0 aliphatic carbocycles. The maximum Gasteiger partial charge on any atom is 0.322 e. The fraction of sp³-hybridized carbons (Fsp3) is 0.438. The van der Waals surface area contributed by atoms with Crippen LogP contribution >= 0.6 is 11.8 Å². The largest absolute Gasteiger partial charge is 0.354 e. The van der Waals surface area contributed by atoms with E-state index >= 15 is 0 Å². The van der Waals surface area contributed by atoms with E-state index in [2.05, 4.69) is 16.0 Å². The van der Waals surface area contributed by atoms with Gasteiger partial charge in [-0.3, -0.25) is 14.9 Å². The van der Waals surface area contributed by atoms with Gasteiger partial charge in [0.25, 0.3) is 0 Å². The van der Waals surface area contributed by atoms with Crippen LogP contribution in [-0.2, 0) is 15.3 Å². The van der Waals surface area contributed by atoms with Gasteiger partial charge in [-0.25, -0.2) is 9.18 Å². The van der Waals surface area contributed by atoms with Crippen LogP contribution in [0.3, 0.4) is 0 Å². The number of carbonyl (C=O) groups excluding carboxylic acids is 3. The molecular formula is C16H20FN3O3S. The van der Waals surface area contributed by atoms with Crippen LogP contribution in [0, 0.1) is 5.82 Å². The van der Waals surface area contributed by atoms with E-state index in [-0.39, 0.29) is 30.5 Å². The normalized spacial score (nSPS) is 17.6. The summed E-state index contributed by atoms with van der Waals surface area (Å²) in [4.78, 5) is 34.5. The van der Waals surface area contributed by atoms with Crippen molar-refractivity contribution in [3.63, 3.8) is 0 Å². The summed E-state index contributed by atoms with van der Waals surface area (Å²) in [6.45, 7) is 0.469. The van der Waals surface area contributed by atoms with Gasteiger partial charge < -0.3 is 10.6 Å². The van der Waals surface area contributed by atoms with Crippen molar-refractivity contribution in [2.24, 2.45) is 0 Å². The number of urea groups is 1. The molecule has 0 bridgehead atoms. The number of rotatable bonds is 7. The highest BCUT2D eigenvalue weighted by Gasteiger charge is 2.25. The van der Waals surface area contributed by atoms with E-state index in [0.717, 1.165) is 12.2 Å². The Morgan fingerprint density at radius 3 is 2.92 bits per heavy atom. The highest BCUT2D eigenvalue weighted by atomic mass is 32.2. The van der Waals surface area contributed by atoms with Crippen molar-refractivity contribution in [1.82, 2.24) is 16.0 Å². The van der Waals surface area contributed by atoms with Gasteiger partial charge in [0.15, 0.2) is 0 Å². The van der Waals surface area contributed by atoms with Crippen molar-refractivity contribution in [1.29, 1.82) is 0 Å². The first-order valence-corrected chi connectivity index (χ1v) is 8.91. The summed E-state index contributed by atoms with van der Waals surface area (Å²) in [5.74, 6) is 0.496. The fourth-order valence-electron chi connectivity index (χ4n) is 2.23. The Morgan fingerprint density at radius 1 is 1.33 bits per heavy atom. The van der Waals surface area contributed by atoms with E-state index < -0.39 is 12.1 Å². The second kappa shape index (κ2) is 9.27. The van der Waals surface area contributed by atoms with Gasteiger partial charge in [-0.1, -0.05) is 18.2 Å². The van der Waals surface area contributed by atoms with Crippen LogP contribution < -0.4 is 16.0 Å².